The van der Waals surface area contributed by atoms with Gasteiger partial charge in [0.25, 0.3) is 11.8 Å². The number of halogens is 3. The number of aromatic nitrogens is 4. The molecule has 0 unspecified atom stereocenters. The van der Waals surface area contributed by atoms with Gasteiger partial charge in [0.05, 0.1) is 17.4 Å². The number of amides is 1. The predicted molar refractivity (Wildman–Crippen MR) is 131 cm³/mol. The van der Waals surface area contributed by atoms with E-state index >= 15 is 0 Å². The fourth-order valence-electron chi connectivity index (χ4n) is 3.59. The molecule has 0 aliphatic carbocycles. The minimum atomic E-state index is -4.77. The van der Waals surface area contributed by atoms with E-state index in [0.29, 0.717) is 5.56 Å². The minimum Gasteiger partial charge on any atom is -0.459 e. The Kier molecular flexibility index (Phi) is 7.54. The number of carbonyl (C=O) groups excluding carboxylic acids is 2. The lowest BCUT2D eigenvalue weighted by atomic mass is 10.1. The van der Waals surface area contributed by atoms with Crippen molar-refractivity contribution in [2.24, 2.45) is 0 Å². The summed E-state index contributed by atoms with van der Waals surface area (Å²) in [4.78, 5) is 28.1. The molecule has 0 fully saturated rings. The first-order valence-corrected chi connectivity index (χ1v) is 11.7. The summed E-state index contributed by atoms with van der Waals surface area (Å²) in [6, 6.07) is 13.6. The van der Waals surface area contributed by atoms with Crippen molar-refractivity contribution in [3.63, 3.8) is 0 Å². The average Bonchev–Trinajstić information content (AvgIpc) is 3.54. The van der Waals surface area contributed by atoms with Crippen LogP contribution >= 0.6 is 0 Å². The SMILES string of the molecule is CC(C)(C)OC(=O)CNC(=O)[C@H](O)c1ccc(-c2noc(-c3cnn(-c4ccccc4)c3C(F)(F)F)n2)cc1. The Morgan fingerprint density at radius 1 is 1.08 bits per heavy atom. The molecule has 0 radical (unpaired) electrons. The molecule has 4 aromatic rings. The number of carbonyl (C=O) groups is 2. The fraction of sp³-hybridized carbons (Fsp3) is 0.269. The van der Waals surface area contributed by atoms with Gasteiger partial charge in [-0.25, -0.2) is 4.68 Å². The molecular formula is C26H24F3N5O5. The van der Waals surface area contributed by atoms with Crippen molar-refractivity contribution < 1.29 is 37.1 Å². The third-order valence-corrected chi connectivity index (χ3v) is 5.25. The first-order chi connectivity index (χ1) is 18.3. The maximum atomic E-state index is 14.0. The van der Waals surface area contributed by atoms with Crippen LogP contribution < -0.4 is 5.32 Å². The Bertz CT molecular complexity index is 1460. The fourth-order valence-corrected chi connectivity index (χ4v) is 3.59. The zero-order valence-corrected chi connectivity index (χ0v) is 21.1. The van der Waals surface area contributed by atoms with E-state index < -0.39 is 42.0 Å². The summed E-state index contributed by atoms with van der Waals surface area (Å²) in [6.07, 6.45) is -5.35. The number of para-hydroxylation sites is 1. The van der Waals surface area contributed by atoms with Gasteiger partial charge in [-0.05, 0) is 38.5 Å². The van der Waals surface area contributed by atoms with Gasteiger partial charge in [0.15, 0.2) is 11.8 Å². The first kappa shape index (κ1) is 27.5. The van der Waals surface area contributed by atoms with Crippen molar-refractivity contribution in [1.82, 2.24) is 25.2 Å². The summed E-state index contributed by atoms with van der Waals surface area (Å²) >= 11 is 0. The zero-order chi connectivity index (χ0) is 28.4. The quantitative estimate of drug-likeness (QED) is 0.333. The van der Waals surface area contributed by atoms with Gasteiger partial charge in [0.2, 0.25) is 5.82 Å². The summed E-state index contributed by atoms with van der Waals surface area (Å²) in [5, 5.41) is 20.3. The van der Waals surface area contributed by atoms with Crippen LogP contribution in [0.1, 0.15) is 38.1 Å². The van der Waals surface area contributed by atoms with Gasteiger partial charge >= 0.3 is 12.1 Å². The van der Waals surface area contributed by atoms with Crippen LogP contribution in [0.25, 0.3) is 28.5 Å². The second-order valence-corrected chi connectivity index (χ2v) is 9.40. The third kappa shape index (κ3) is 6.49. The van der Waals surface area contributed by atoms with Crippen LogP contribution in [-0.4, -0.2) is 49.0 Å². The van der Waals surface area contributed by atoms with Crippen LogP contribution in [0.5, 0.6) is 0 Å². The number of aliphatic hydroxyl groups is 1. The normalized spacial score (nSPS) is 12.7. The maximum Gasteiger partial charge on any atom is 0.434 e. The van der Waals surface area contributed by atoms with Crippen LogP contribution in [0.3, 0.4) is 0 Å². The lowest BCUT2D eigenvalue weighted by Gasteiger charge is -2.20. The highest BCUT2D eigenvalue weighted by atomic mass is 19.4. The highest BCUT2D eigenvalue weighted by molar-refractivity contribution is 5.86. The monoisotopic (exact) mass is 543 g/mol. The molecule has 0 saturated heterocycles. The zero-order valence-electron chi connectivity index (χ0n) is 21.1. The Labute approximate surface area is 220 Å². The Hall–Kier alpha value is -4.52. The lowest BCUT2D eigenvalue weighted by molar-refractivity contribution is -0.155. The summed E-state index contributed by atoms with van der Waals surface area (Å²) in [6.45, 7) is 4.63. The second kappa shape index (κ2) is 10.7. The molecule has 0 bridgehead atoms. The van der Waals surface area contributed by atoms with Gasteiger partial charge in [-0.2, -0.15) is 23.3 Å². The van der Waals surface area contributed by atoms with Crippen LogP contribution in [0.2, 0.25) is 0 Å². The van der Waals surface area contributed by atoms with Crippen LogP contribution in [-0.2, 0) is 20.5 Å². The van der Waals surface area contributed by atoms with Gasteiger partial charge in [0.1, 0.15) is 12.1 Å². The highest BCUT2D eigenvalue weighted by Crippen LogP contribution is 2.38. The number of hydrogen-bond acceptors (Lipinski definition) is 8. The average molecular weight is 544 g/mol. The number of hydrogen-bond donors (Lipinski definition) is 2. The predicted octanol–water partition coefficient (Wildman–Crippen LogP) is 4.10. The van der Waals surface area contributed by atoms with Gasteiger partial charge in [0, 0.05) is 5.56 Å². The smallest absolute Gasteiger partial charge is 0.434 e. The molecular weight excluding hydrogens is 519 g/mol. The van der Waals surface area contributed by atoms with Crippen molar-refractivity contribution in [3.05, 3.63) is 72.1 Å². The van der Waals surface area contributed by atoms with E-state index in [1.54, 1.807) is 39.0 Å². The minimum absolute atomic E-state index is 0.0130. The molecule has 0 aliphatic rings. The third-order valence-electron chi connectivity index (χ3n) is 5.25. The summed E-state index contributed by atoms with van der Waals surface area (Å²) in [5.41, 5.74) is -1.41. The molecule has 2 heterocycles. The number of rotatable bonds is 7. The van der Waals surface area contributed by atoms with Crippen molar-refractivity contribution in [2.45, 2.75) is 38.7 Å². The van der Waals surface area contributed by atoms with Crippen LogP contribution in [0.15, 0.2) is 65.3 Å². The number of nitrogens with zero attached hydrogens (tertiary/aromatic N) is 4. The van der Waals surface area contributed by atoms with Crippen molar-refractivity contribution in [2.75, 3.05) is 6.54 Å². The van der Waals surface area contributed by atoms with E-state index in [4.69, 9.17) is 9.26 Å². The summed E-state index contributed by atoms with van der Waals surface area (Å²) in [5.74, 6) is -1.87. The number of ether oxygens (including phenoxy) is 1. The van der Waals surface area contributed by atoms with E-state index in [2.05, 4.69) is 20.6 Å². The number of alkyl halides is 3. The number of aliphatic hydroxyl groups excluding tert-OH is 1. The van der Waals surface area contributed by atoms with E-state index in [-0.39, 0.29) is 28.5 Å². The van der Waals surface area contributed by atoms with E-state index in [9.17, 15) is 27.9 Å². The second-order valence-electron chi connectivity index (χ2n) is 9.40. The molecule has 10 nitrogen and oxygen atoms in total. The molecule has 1 amide bonds. The highest BCUT2D eigenvalue weighted by Gasteiger charge is 2.40. The standard InChI is InChI=1S/C26H24F3N5O5/c1-25(2,3)38-19(35)14-30-23(37)20(36)15-9-11-16(12-10-15)22-32-24(39-33-22)18-13-31-34(21(18)26(27,28)29)17-7-5-4-6-8-17/h4-13,20,36H,14H2,1-3H3,(H,30,37)/t20-/m1/s1. The molecule has 2 aromatic carbocycles. The Morgan fingerprint density at radius 3 is 2.36 bits per heavy atom. The van der Waals surface area contributed by atoms with Gasteiger partial charge in [-0.3, -0.25) is 9.59 Å². The lowest BCUT2D eigenvalue weighted by Crippen LogP contribution is -2.37. The van der Waals surface area contributed by atoms with Gasteiger partial charge in [-0.15, -0.1) is 0 Å². The van der Waals surface area contributed by atoms with E-state index in [1.165, 1.54) is 36.4 Å². The molecule has 1 atom stereocenters. The first-order valence-electron chi connectivity index (χ1n) is 11.7. The molecule has 0 saturated carbocycles. The van der Waals surface area contributed by atoms with Crippen molar-refractivity contribution in [1.29, 1.82) is 0 Å². The van der Waals surface area contributed by atoms with Gasteiger partial charge in [-0.1, -0.05) is 47.6 Å². The largest absolute Gasteiger partial charge is 0.459 e. The summed E-state index contributed by atoms with van der Waals surface area (Å²) in [7, 11) is 0. The topological polar surface area (TPSA) is 132 Å². The molecule has 204 valence electrons. The molecule has 39 heavy (non-hydrogen) atoms. The van der Waals surface area contributed by atoms with Gasteiger partial charge < -0.3 is 19.7 Å². The number of nitrogens with one attached hydrogen (secondary N) is 1. The Balaban J connectivity index is 1.50. The van der Waals surface area contributed by atoms with Crippen LogP contribution in [0.4, 0.5) is 13.2 Å². The van der Waals surface area contributed by atoms with E-state index in [1.807, 2.05) is 0 Å². The Morgan fingerprint density at radius 2 is 1.74 bits per heavy atom. The van der Waals surface area contributed by atoms with Crippen molar-refractivity contribution >= 4 is 11.9 Å². The van der Waals surface area contributed by atoms with Crippen LogP contribution in [0, 0.1) is 0 Å². The number of esters is 1. The molecule has 2 N–H and O–H groups in total. The van der Waals surface area contributed by atoms with Crippen molar-refractivity contribution in [3.8, 4) is 28.5 Å². The number of benzene rings is 2. The molecule has 0 spiro atoms. The summed E-state index contributed by atoms with van der Waals surface area (Å²) < 4.78 is 52.9. The van der Waals surface area contributed by atoms with E-state index in [0.717, 1.165) is 10.9 Å². The molecule has 0 aliphatic heterocycles. The molecule has 13 heteroatoms. The molecule has 4 rings (SSSR count). The molecule has 2 aromatic heterocycles. The maximum absolute atomic E-state index is 14.0.